The predicted molar refractivity (Wildman–Crippen MR) is 78.8 cm³/mol. The van der Waals surface area contributed by atoms with E-state index in [1.54, 1.807) is 32.2 Å². The SMILES string of the molecule is Cc1c(C(=O)Nc2ccccc2OC(C)C)c(=O)on1C. The van der Waals surface area contributed by atoms with Gasteiger partial charge in [0.05, 0.1) is 17.5 Å². The summed E-state index contributed by atoms with van der Waals surface area (Å²) in [6, 6.07) is 7.07. The molecule has 1 aromatic heterocycles. The number of benzene rings is 1. The Hall–Kier alpha value is -2.50. The summed E-state index contributed by atoms with van der Waals surface area (Å²) in [5.41, 5.74) is 0.324. The Morgan fingerprint density at radius 1 is 1.33 bits per heavy atom. The molecule has 2 rings (SSSR count). The highest BCUT2D eigenvalue weighted by Crippen LogP contribution is 2.25. The molecule has 1 heterocycles. The van der Waals surface area contributed by atoms with Crippen LogP contribution < -0.4 is 15.7 Å². The van der Waals surface area contributed by atoms with Crippen molar-refractivity contribution in [3.05, 3.63) is 45.9 Å². The third-order valence-corrected chi connectivity index (χ3v) is 2.98. The lowest BCUT2D eigenvalue weighted by molar-refractivity contribution is 0.102. The Labute approximate surface area is 122 Å². The molecule has 0 unspecified atom stereocenters. The largest absolute Gasteiger partial charge is 0.489 e. The molecule has 1 aromatic carbocycles. The second-order valence-electron chi connectivity index (χ2n) is 4.95. The van der Waals surface area contributed by atoms with E-state index in [4.69, 9.17) is 9.26 Å². The van der Waals surface area contributed by atoms with Crippen molar-refractivity contribution in [1.82, 2.24) is 4.74 Å². The van der Waals surface area contributed by atoms with Crippen LogP contribution >= 0.6 is 0 Å². The van der Waals surface area contributed by atoms with E-state index >= 15 is 0 Å². The first-order chi connectivity index (χ1) is 9.90. The summed E-state index contributed by atoms with van der Waals surface area (Å²) in [5.74, 6) is 0.0421. The Balaban J connectivity index is 2.30. The second kappa shape index (κ2) is 5.87. The Kier molecular flexibility index (Phi) is 4.16. The number of para-hydroxylation sites is 2. The average molecular weight is 290 g/mol. The van der Waals surface area contributed by atoms with Crippen molar-refractivity contribution in [2.24, 2.45) is 7.05 Å². The number of nitrogens with zero attached hydrogens (tertiary/aromatic N) is 1. The molecule has 0 spiro atoms. The average Bonchev–Trinajstić information content (AvgIpc) is 2.65. The van der Waals surface area contributed by atoms with Crippen LogP contribution in [0.25, 0.3) is 0 Å². The molecule has 112 valence electrons. The number of aryl methyl sites for hydroxylation is 1. The minimum absolute atomic E-state index is 0.00292. The van der Waals surface area contributed by atoms with Gasteiger partial charge in [0, 0.05) is 7.05 Å². The summed E-state index contributed by atoms with van der Waals surface area (Å²) in [5, 5.41) is 2.69. The maximum absolute atomic E-state index is 12.3. The molecule has 0 aliphatic heterocycles. The summed E-state index contributed by atoms with van der Waals surface area (Å²) in [6.07, 6.45) is -0.0217. The minimum Gasteiger partial charge on any atom is -0.489 e. The molecule has 0 bridgehead atoms. The maximum atomic E-state index is 12.3. The number of amides is 1. The molecule has 21 heavy (non-hydrogen) atoms. The van der Waals surface area contributed by atoms with Crippen molar-refractivity contribution >= 4 is 11.6 Å². The van der Waals surface area contributed by atoms with Crippen LogP contribution in [0, 0.1) is 6.92 Å². The highest BCUT2D eigenvalue weighted by atomic mass is 16.5. The van der Waals surface area contributed by atoms with Gasteiger partial charge in [0.1, 0.15) is 11.3 Å². The number of hydrogen-bond donors (Lipinski definition) is 1. The second-order valence-corrected chi connectivity index (χ2v) is 4.95. The lowest BCUT2D eigenvalue weighted by atomic mass is 10.2. The first-order valence-electron chi connectivity index (χ1n) is 6.64. The topological polar surface area (TPSA) is 73.5 Å². The van der Waals surface area contributed by atoms with Gasteiger partial charge in [0.15, 0.2) is 0 Å². The molecule has 0 saturated heterocycles. The fourth-order valence-corrected chi connectivity index (χ4v) is 1.91. The Morgan fingerprint density at radius 3 is 2.57 bits per heavy atom. The molecular weight excluding hydrogens is 272 g/mol. The van der Waals surface area contributed by atoms with Crippen LogP contribution in [0.3, 0.4) is 0 Å². The quantitative estimate of drug-likeness (QED) is 0.938. The van der Waals surface area contributed by atoms with Gasteiger partial charge in [-0.1, -0.05) is 12.1 Å². The van der Waals surface area contributed by atoms with Gasteiger partial charge >= 0.3 is 5.63 Å². The normalized spacial score (nSPS) is 10.7. The third kappa shape index (κ3) is 3.16. The van der Waals surface area contributed by atoms with Crippen LogP contribution in [-0.4, -0.2) is 16.8 Å². The van der Waals surface area contributed by atoms with Gasteiger partial charge in [-0.25, -0.2) is 9.53 Å². The van der Waals surface area contributed by atoms with Crippen molar-refractivity contribution in [2.75, 3.05) is 5.32 Å². The molecular formula is C15H18N2O4. The van der Waals surface area contributed by atoms with E-state index in [2.05, 4.69) is 5.32 Å². The lowest BCUT2D eigenvalue weighted by Crippen LogP contribution is -2.20. The number of ether oxygens (including phenoxy) is 1. The van der Waals surface area contributed by atoms with E-state index in [1.807, 2.05) is 19.9 Å². The highest BCUT2D eigenvalue weighted by Gasteiger charge is 2.20. The first kappa shape index (κ1) is 14.9. The predicted octanol–water partition coefficient (Wildman–Crippen LogP) is 2.33. The van der Waals surface area contributed by atoms with Gasteiger partial charge in [-0.15, -0.1) is 0 Å². The van der Waals surface area contributed by atoms with Gasteiger partial charge in [0.25, 0.3) is 5.91 Å². The number of nitrogens with one attached hydrogen (secondary N) is 1. The van der Waals surface area contributed by atoms with Gasteiger partial charge < -0.3 is 14.6 Å². The van der Waals surface area contributed by atoms with Crippen molar-refractivity contribution in [1.29, 1.82) is 0 Å². The fourth-order valence-electron chi connectivity index (χ4n) is 1.91. The summed E-state index contributed by atoms with van der Waals surface area (Å²) in [4.78, 5) is 23.9. The zero-order valence-corrected chi connectivity index (χ0v) is 12.5. The molecule has 1 amide bonds. The molecule has 0 atom stereocenters. The molecule has 0 saturated carbocycles. The van der Waals surface area contributed by atoms with E-state index < -0.39 is 11.5 Å². The molecule has 0 aliphatic carbocycles. The van der Waals surface area contributed by atoms with E-state index in [0.29, 0.717) is 17.1 Å². The smallest absolute Gasteiger partial charge is 0.370 e. The number of carbonyl (C=O) groups is 1. The molecule has 0 radical (unpaired) electrons. The van der Waals surface area contributed by atoms with Gasteiger partial charge in [0.2, 0.25) is 0 Å². The number of aromatic nitrogens is 1. The number of anilines is 1. The van der Waals surface area contributed by atoms with Crippen molar-refractivity contribution < 1.29 is 14.1 Å². The van der Waals surface area contributed by atoms with Crippen LogP contribution in [-0.2, 0) is 7.05 Å². The van der Waals surface area contributed by atoms with Crippen molar-refractivity contribution in [3.63, 3.8) is 0 Å². The van der Waals surface area contributed by atoms with Gasteiger partial charge in [-0.2, -0.15) is 0 Å². The van der Waals surface area contributed by atoms with Crippen molar-refractivity contribution in [3.8, 4) is 5.75 Å². The number of hydrogen-bond acceptors (Lipinski definition) is 4. The summed E-state index contributed by atoms with van der Waals surface area (Å²) >= 11 is 0. The molecule has 0 fully saturated rings. The molecule has 1 N–H and O–H groups in total. The van der Waals surface area contributed by atoms with Crippen molar-refractivity contribution in [2.45, 2.75) is 26.9 Å². The number of carbonyl (C=O) groups excluding carboxylic acids is 1. The van der Waals surface area contributed by atoms with E-state index in [9.17, 15) is 9.59 Å². The maximum Gasteiger partial charge on any atom is 0.370 e. The Bertz CT molecular complexity index is 713. The lowest BCUT2D eigenvalue weighted by Gasteiger charge is -2.14. The van der Waals surface area contributed by atoms with E-state index in [0.717, 1.165) is 0 Å². The molecule has 2 aromatic rings. The molecule has 6 heteroatoms. The van der Waals surface area contributed by atoms with E-state index in [-0.39, 0.29) is 11.7 Å². The molecule has 6 nitrogen and oxygen atoms in total. The van der Waals surface area contributed by atoms with Crippen LogP contribution in [0.5, 0.6) is 5.75 Å². The minimum atomic E-state index is -0.658. The highest BCUT2D eigenvalue weighted by molar-refractivity contribution is 6.05. The number of rotatable bonds is 4. The van der Waals surface area contributed by atoms with Gasteiger partial charge in [-0.3, -0.25) is 4.79 Å². The first-order valence-corrected chi connectivity index (χ1v) is 6.64. The van der Waals surface area contributed by atoms with Crippen LogP contribution in [0.4, 0.5) is 5.69 Å². The van der Waals surface area contributed by atoms with Crippen LogP contribution in [0.15, 0.2) is 33.6 Å². The van der Waals surface area contributed by atoms with Crippen LogP contribution in [0.2, 0.25) is 0 Å². The summed E-state index contributed by atoms with van der Waals surface area (Å²) in [6.45, 7) is 5.44. The fraction of sp³-hybridized carbons (Fsp3) is 0.333. The van der Waals surface area contributed by atoms with Crippen LogP contribution in [0.1, 0.15) is 29.9 Å². The third-order valence-electron chi connectivity index (χ3n) is 2.98. The monoisotopic (exact) mass is 290 g/mol. The van der Waals surface area contributed by atoms with Gasteiger partial charge in [-0.05, 0) is 32.9 Å². The molecule has 0 aliphatic rings. The Morgan fingerprint density at radius 2 is 2.00 bits per heavy atom. The summed E-state index contributed by atoms with van der Waals surface area (Å²) < 4.78 is 11.8. The standard InChI is InChI=1S/C15H18N2O4/c1-9(2)20-12-8-6-5-7-11(12)16-14(18)13-10(3)17(4)21-15(13)19/h5-9H,1-4H3,(H,16,18). The zero-order valence-electron chi connectivity index (χ0n) is 12.5. The summed E-state index contributed by atoms with van der Waals surface area (Å²) in [7, 11) is 1.57. The zero-order chi connectivity index (χ0) is 15.6. The van der Waals surface area contributed by atoms with E-state index in [1.165, 1.54) is 4.74 Å².